The highest BCUT2D eigenvalue weighted by Gasteiger charge is 2.11. The lowest BCUT2D eigenvalue weighted by Crippen LogP contribution is -2.30. The van der Waals surface area contributed by atoms with Gasteiger partial charge in [-0.05, 0) is 11.1 Å². The van der Waals surface area contributed by atoms with E-state index in [0.29, 0.717) is 12.1 Å². The van der Waals surface area contributed by atoms with Crippen molar-refractivity contribution >= 4 is 15.9 Å². The smallest absolute Gasteiger partial charge is 0.221 e. The second-order valence-electron chi connectivity index (χ2n) is 4.10. The molecule has 0 aliphatic heterocycles. The highest BCUT2D eigenvalue weighted by molar-refractivity contribution is 7.88. The molecule has 4 N–H and O–H groups in total. The molecule has 106 valence electrons. The van der Waals surface area contributed by atoms with Gasteiger partial charge in [0.25, 0.3) is 0 Å². The molecule has 7 heteroatoms. The van der Waals surface area contributed by atoms with Crippen LogP contribution in [0.15, 0.2) is 24.3 Å². The Hall–Kier alpha value is -1.44. The number of sulfonamides is 1. The fourth-order valence-electron chi connectivity index (χ4n) is 1.49. The first-order valence-electron chi connectivity index (χ1n) is 5.92. The van der Waals surface area contributed by atoms with Crippen molar-refractivity contribution in [3.05, 3.63) is 35.4 Å². The van der Waals surface area contributed by atoms with Crippen molar-refractivity contribution in [2.45, 2.75) is 18.7 Å². The van der Waals surface area contributed by atoms with E-state index >= 15 is 0 Å². The maximum atomic E-state index is 11.8. The van der Waals surface area contributed by atoms with E-state index in [1.54, 1.807) is 24.3 Å². The number of nitrogens with two attached hydrogens (primary N) is 1. The Labute approximate surface area is 113 Å². The lowest BCUT2D eigenvalue weighted by molar-refractivity contribution is -0.120. The van der Waals surface area contributed by atoms with E-state index in [2.05, 4.69) is 10.0 Å². The Kier molecular flexibility index (Phi) is 5.94. The molecule has 1 aromatic carbocycles. The Bertz CT molecular complexity index is 512. The molecule has 0 unspecified atom stereocenters. The minimum atomic E-state index is -3.42. The number of amides is 1. The molecule has 1 amide bonds. The molecule has 0 aliphatic rings. The number of rotatable bonds is 7. The van der Waals surface area contributed by atoms with E-state index in [0.717, 1.165) is 5.56 Å². The van der Waals surface area contributed by atoms with Gasteiger partial charge in [0, 0.05) is 26.6 Å². The van der Waals surface area contributed by atoms with Crippen molar-refractivity contribution in [3.8, 4) is 0 Å². The first-order valence-corrected chi connectivity index (χ1v) is 7.58. The van der Waals surface area contributed by atoms with Crippen LogP contribution in [0.25, 0.3) is 0 Å². The molecule has 0 radical (unpaired) electrons. The van der Waals surface area contributed by atoms with Crippen LogP contribution in [0.4, 0.5) is 0 Å². The summed E-state index contributed by atoms with van der Waals surface area (Å²) in [4.78, 5) is 11.0. The van der Waals surface area contributed by atoms with Crippen LogP contribution in [0, 0.1) is 0 Å². The predicted molar refractivity (Wildman–Crippen MR) is 73.6 cm³/mol. The van der Waals surface area contributed by atoms with Crippen molar-refractivity contribution in [2.75, 3.05) is 13.6 Å². The molecule has 0 bridgehead atoms. The molecular weight excluding hydrogens is 266 g/mol. The maximum absolute atomic E-state index is 11.8. The van der Waals surface area contributed by atoms with Crippen LogP contribution in [-0.2, 0) is 27.1 Å². The number of nitrogens with one attached hydrogen (secondary N) is 2. The van der Waals surface area contributed by atoms with Gasteiger partial charge in [0.1, 0.15) is 0 Å². The summed E-state index contributed by atoms with van der Waals surface area (Å²) in [6.07, 6.45) is 0.127. The summed E-state index contributed by atoms with van der Waals surface area (Å²) in [7, 11) is -1.91. The first kappa shape index (κ1) is 15.6. The third kappa shape index (κ3) is 5.82. The minimum Gasteiger partial charge on any atom is -0.359 e. The normalized spacial score (nSPS) is 11.3. The third-order valence-electron chi connectivity index (χ3n) is 2.57. The lowest BCUT2D eigenvalue weighted by atomic mass is 10.1. The SMILES string of the molecule is CNC(=O)CCNS(=O)(=O)Cc1ccc(CN)cc1. The van der Waals surface area contributed by atoms with Crippen LogP contribution in [0.1, 0.15) is 17.5 Å². The van der Waals surface area contributed by atoms with Crippen molar-refractivity contribution < 1.29 is 13.2 Å². The monoisotopic (exact) mass is 285 g/mol. The zero-order chi connectivity index (χ0) is 14.3. The average Bonchev–Trinajstić information content (AvgIpc) is 2.38. The second-order valence-corrected chi connectivity index (χ2v) is 5.90. The van der Waals surface area contributed by atoms with Crippen LogP contribution in [0.2, 0.25) is 0 Å². The molecular formula is C12H19N3O3S. The molecule has 0 spiro atoms. The Balaban J connectivity index is 2.51. The molecule has 0 aliphatic carbocycles. The summed E-state index contributed by atoms with van der Waals surface area (Å²) in [5, 5.41) is 2.43. The Morgan fingerprint density at radius 1 is 1.21 bits per heavy atom. The Morgan fingerprint density at radius 2 is 1.79 bits per heavy atom. The molecule has 6 nitrogen and oxygen atoms in total. The quantitative estimate of drug-likeness (QED) is 0.640. The molecule has 1 aromatic rings. The summed E-state index contributed by atoms with van der Waals surface area (Å²) in [5.74, 6) is -0.305. The van der Waals surface area contributed by atoms with Crippen LogP contribution in [-0.4, -0.2) is 27.9 Å². The van der Waals surface area contributed by atoms with E-state index in [9.17, 15) is 13.2 Å². The van der Waals surface area contributed by atoms with Gasteiger partial charge in [-0.2, -0.15) is 0 Å². The van der Waals surface area contributed by atoms with E-state index < -0.39 is 10.0 Å². The van der Waals surface area contributed by atoms with Gasteiger partial charge in [0.15, 0.2) is 0 Å². The van der Waals surface area contributed by atoms with Gasteiger partial charge < -0.3 is 11.1 Å². The van der Waals surface area contributed by atoms with Gasteiger partial charge >= 0.3 is 0 Å². The standard InChI is InChI=1S/C12H19N3O3S/c1-14-12(16)6-7-15-19(17,18)9-11-4-2-10(8-13)3-5-11/h2-5,15H,6-9,13H2,1H3,(H,14,16). The highest BCUT2D eigenvalue weighted by atomic mass is 32.2. The summed E-state index contributed by atoms with van der Waals surface area (Å²) in [6.45, 7) is 0.528. The zero-order valence-electron chi connectivity index (χ0n) is 10.8. The van der Waals surface area contributed by atoms with Gasteiger partial charge in [0.05, 0.1) is 5.75 Å². The van der Waals surface area contributed by atoms with Crippen LogP contribution in [0.3, 0.4) is 0 Å². The third-order valence-corrected chi connectivity index (χ3v) is 3.93. The topological polar surface area (TPSA) is 101 Å². The molecule has 0 saturated carbocycles. The summed E-state index contributed by atoms with van der Waals surface area (Å²) in [6, 6.07) is 7.07. The van der Waals surface area contributed by atoms with Crippen molar-refractivity contribution in [2.24, 2.45) is 5.73 Å². The van der Waals surface area contributed by atoms with Crippen molar-refractivity contribution in [3.63, 3.8) is 0 Å². The zero-order valence-corrected chi connectivity index (χ0v) is 11.7. The number of carbonyl (C=O) groups excluding carboxylic acids is 1. The minimum absolute atomic E-state index is 0.100. The summed E-state index contributed by atoms with van der Waals surface area (Å²) < 4.78 is 25.9. The first-order chi connectivity index (χ1) is 8.96. The van der Waals surface area contributed by atoms with E-state index in [4.69, 9.17) is 5.73 Å². The molecule has 19 heavy (non-hydrogen) atoms. The molecule has 0 saturated heterocycles. The summed E-state index contributed by atoms with van der Waals surface area (Å²) in [5.41, 5.74) is 7.10. The number of hydrogen-bond acceptors (Lipinski definition) is 4. The maximum Gasteiger partial charge on any atom is 0.221 e. The van der Waals surface area contributed by atoms with Gasteiger partial charge in [0.2, 0.25) is 15.9 Å². The van der Waals surface area contributed by atoms with Gasteiger partial charge in [-0.1, -0.05) is 24.3 Å². The molecule has 0 atom stereocenters. The van der Waals surface area contributed by atoms with E-state index in [-0.39, 0.29) is 24.6 Å². The van der Waals surface area contributed by atoms with Gasteiger partial charge in [-0.3, -0.25) is 4.79 Å². The fraction of sp³-hybridized carbons (Fsp3) is 0.417. The fourth-order valence-corrected chi connectivity index (χ4v) is 2.63. The molecule has 0 heterocycles. The number of hydrogen-bond donors (Lipinski definition) is 3. The van der Waals surface area contributed by atoms with Crippen LogP contribution < -0.4 is 15.8 Å². The van der Waals surface area contributed by atoms with Crippen molar-refractivity contribution in [1.82, 2.24) is 10.0 Å². The highest BCUT2D eigenvalue weighted by Crippen LogP contribution is 2.07. The van der Waals surface area contributed by atoms with Crippen molar-refractivity contribution in [1.29, 1.82) is 0 Å². The van der Waals surface area contributed by atoms with E-state index in [1.807, 2.05) is 0 Å². The molecule has 0 fully saturated rings. The average molecular weight is 285 g/mol. The summed E-state index contributed by atoms with van der Waals surface area (Å²) >= 11 is 0. The molecule has 0 aromatic heterocycles. The van der Waals surface area contributed by atoms with E-state index in [1.165, 1.54) is 7.05 Å². The van der Waals surface area contributed by atoms with Gasteiger partial charge in [-0.25, -0.2) is 13.1 Å². The number of carbonyl (C=O) groups is 1. The Morgan fingerprint density at radius 3 is 2.32 bits per heavy atom. The van der Waals surface area contributed by atoms with Crippen LogP contribution >= 0.6 is 0 Å². The van der Waals surface area contributed by atoms with Crippen LogP contribution in [0.5, 0.6) is 0 Å². The van der Waals surface area contributed by atoms with Gasteiger partial charge in [-0.15, -0.1) is 0 Å². The molecule has 1 rings (SSSR count). The second kappa shape index (κ2) is 7.22. The number of benzene rings is 1. The largest absolute Gasteiger partial charge is 0.359 e. The predicted octanol–water partition coefficient (Wildman–Crippen LogP) is -0.299. The lowest BCUT2D eigenvalue weighted by Gasteiger charge is -2.07.